The molecule has 1 saturated heterocycles. The van der Waals surface area contributed by atoms with E-state index in [1.807, 2.05) is 18.2 Å². The molecule has 0 saturated carbocycles. The highest BCUT2D eigenvalue weighted by molar-refractivity contribution is 5.43. The van der Waals surface area contributed by atoms with E-state index in [2.05, 4.69) is 5.32 Å². The highest BCUT2D eigenvalue weighted by Gasteiger charge is 2.43. The van der Waals surface area contributed by atoms with Gasteiger partial charge in [-0.25, -0.2) is 0 Å². The molecule has 1 aliphatic heterocycles. The van der Waals surface area contributed by atoms with E-state index in [4.69, 9.17) is 9.84 Å². The molecule has 1 aromatic rings. The van der Waals surface area contributed by atoms with E-state index in [0.29, 0.717) is 5.69 Å². The highest BCUT2D eigenvalue weighted by Crippen LogP contribution is 2.22. The van der Waals surface area contributed by atoms with Crippen molar-refractivity contribution in [3.05, 3.63) is 30.3 Å². The van der Waals surface area contributed by atoms with E-state index >= 15 is 0 Å². The minimum Gasteiger partial charge on any atom is -0.394 e. The number of benzene rings is 1. The topological polar surface area (TPSA) is 102 Å². The maximum atomic E-state index is 9.80. The molecule has 5 atom stereocenters. The van der Waals surface area contributed by atoms with Crippen LogP contribution in [-0.2, 0) is 4.74 Å². The second-order valence-electron chi connectivity index (χ2n) is 4.26. The summed E-state index contributed by atoms with van der Waals surface area (Å²) in [5.74, 6) is 0. The third-order valence-corrected chi connectivity index (χ3v) is 2.97. The molecule has 1 fully saturated rings. The quantitative estimate of drug-likeness (QED) is 0.470. The fraction of sp³-hybridized carbons (Fsp3) is 0.500. The highest BCUT2D eigenvalue weighted by atomic mass is 16.6. The SMILES string of the molecule is OC[C@H]1OC(Nc2ccccc2)[C@H](O)[C@@H](O)[C@H]1O. The molecule has 0 aromatic heterocycles. The van der Waals surface area contributed by atoms with E-state index in [1.165, 1.54) is 0 Å². The van der Waals surface area contributed by atoms with Crippen molar-refractivity contribution in [1.29, 1.82) is 0 Å². The molecular weight excluding hydrogens is 238 g/mol. The first-order chi connectivity index (χ1) is 8.63. The molecule has 0 spiro atoms. The number of nitrogens with one attached hydrogen (secondary N) is 1. The Labute approximate surface area is 104 Å². The zero-order chi connectivity index (χ0) is 13.1. The van der Waals surface area contributed by atoms with Gasteiger partial charge in [0.1, 0.15) is 24.4 Å². The number of aliphatic hydroxyl groups excluding tert-OH is 4. The lowest BCUT2D eigenvalue weighted by Gasteiger charge is -2.40. The Hall–Kier alpha value is -1.18. The van der Waals surface area contributed by atoms with Crippen molar-refractivity contribution in [2.45, 2.75) is 30.6 Å². The summed E-state index contributed by atoms with van der Waals surface area (Å²) in [6, 6.07) is 9.03. The van der Waals surface area contributed by atoms with Gasteiger partial charge >= 0.3 is 0 Å². The van der Waals surface area contributed by atoms with E-state index < -0.39 is 37.3 Å². The summed E-state index contributed by atoms with van der Waals surface area (Å²) in [4.78, 5) is 0. The van der Waals surface area contributed by atoms with Gasteiger partial charge in [0.15, 0.2) is 6.23 Å². The lowest BCUT2D eigenvalue weighted by atomic mass is 9.98. The third-order valence-electron chi connectivity index (χ3n) is 2.97. The number of hydrogen-bond donors (Lipinski definition) is 5. The van der Waals surface area contributed by atoms with Crippen LogP contribution in [0.4, 0.5) is 5.69 Å². The molecular formula is C12H17NO5. The van der Waals surface area contributed by atoms with Crippen LogP contribution in [0.1, 0.15) is 0 Å². The van der Waals surface area contributed by atoms with Crippen LogP contribution in [0.25, 0.3) is 0 Å². The van der Waals surface area contributed by atoms with Gasteiger partial charge in [0, 0.05) is 5.69 Å². The van der Waals surface area contributed by atoms with Crippen LogP contribution < -0.4 is 5.32 Å². The number of aliphatic hydroxyl groups is 4. The van der Waals surface area contributed by atoms with Crippen LogP contribution in [-0.4, -0.2) is 57.7 Å². The van der Waals surface area contributed by atoms with Crippen molar-refractivity contribution in [1.82, 2.24) is 0 Å². The number of anilines is 1. The first kappa shape index (κ1) is 13.3. The molecule has 18 heavy (non-hydrogen) atoms. The van der Waals surface area contributed by atoms with Crippen molar-refractivity contribution in [3.63, 3.8) is 0 Å². The Morgan fingerprint density at radius 3 is 2.28 bits per heavy atom. The molecule has 0 bridgehead atoms. The van der Waals surface area contributed by atoms with Crippen LogP contribution in [0.5, 0.6) is 0 Å². The molecule has 0 amide bonds. The van der Waals surface area contributed by atoms with Gasteiger partial charge in [-0.2, -0.15) is 0 Å². The fourth-order valence-electron chi connectivity index (χ4n) is 1.92. The monoisotopic (exact) mass is 255 g/mol. The molecule has 5 N–H and O–H groups in total. The van der Waals surface area contributed by atoms with Gasteiger partial charge < -0.3 is 30.5 Å². The van der Waals surface area contributed by atoms with Crippen LogP contribution >= 0.6 is 0 Å². The van der Waals surface area contributed by atoms with E-state index in [0.717, 1.165) is 0 Å². The molecule has 1 aliphatic rings. The lowest BCUT2D eigenvalue weighted by molar-refractivity contribution is -0.221. The van der Waals surface area contributed by atoms with E-state index in [-0.39, 0.29) is 0 Å². The van der Waals surface area contributed by atoms with Gasteiger partial charge in [-0.3, -0.25) is 0 Å². The number of rotatable bonds is 3. The van der Waals surface area contributed by atoms with Crippen molar-refractivity contribution in [2.75, 3.05) is 11.9 Å². The molecule has 6 nitrogen and oxygen atoms in total. The predicted octanol–water partition coefficient (Wildman–Crippen LogP) is -1.10. The summed E-state index contributed by atoms with van der Waals surface area (Å²) < 4.78 is 5.31. The minimum absolute atomic E-state index is 0.433. The minimum atomic E-state index is -1.36. The van der Waals surface area contributed by atoms with Gasteiger partial charge in [0.25, 0.3) is 0 Å². The molecule has 0 aliphatic carbocycles. The molecule has 1 heterocycles. The van der Waals surface area contributed by atoms with Crippen molar-refractivity contribution in [2.24, 2.45) is 0 Å². The second kappa shape index (κ2) is 5.64. The van der Waals surface area contributed by atoms with Gasteiger partial charge in [-0.1, -0.05) is 18.2 Å². The molecule has 100 valence electrons. The summed E-state index contributed by atoms with van der Waals surface area (Å²) >= 11 is 0. The summed E-state index contributed by atoms with van der Waals surface area (Å²) in [5.41, 5.74) is 0.710. The smallest absolute Gasteiger partial charge is 0.157 e. The molecule has 1 aromatic carbocycles. The Morgan fingerprint density at radius 2 is 1.67 bits per heavy atom. The zero-order valence-electron chi connectivity index (χ0n) is 9.68. The summed E-state index contributed by atoms with van der Waals surface area (Å²) in [6.45, 7) is -0.433. The Bertz CT molecular complexity index is 372. The van der Waals surface area contributed by atoms with Gasteiger partial charge in [-0.15, -0.1) is 0 Å². The van der Waals surface area contributed by atoms with Crippen LogP contribution in [0.3, 0.4) is 0 Å². The fourth-order valence-corrected chi connectivity index (χ4v) is 1.92. The molecule has 1 unspecified atom stereocenters. The predicted molar refractivity (Wildman–Crippen MR) is 63.8 cm³/mol. The number of hydrogen-bond acceptors (Lipinski definition) is 6. The second-order valence-corrected chi connectivity index (χ2v) is 4.26. The van der Waals surface area contributed by atoms with E-state index in [1.54, 1.807) is 12.1 Å². The van der Waals surface area contributed by atoms with Crippen molar-refractivity contribution in [3.8, 4) is 0 Å². The Balaban J connectivity index is 2.08. The summed E-state index contributed by atoms with van der Waals surface area (Å²) in [5, 5.41) is 41.0. The van der Waals surface area contributed by atoms with Crippen molar-refractivity contribution >= 4 is 5.69 Å². The number of ether oxygens (including phenoxy) is 1. The van der Waals surface area contributed by atoms with Crippen LogP contribution in [0.2, 0.25) is 0 Å². The van der Waals surface area contributed by atoms with Gasteiger partial charge in [-0.05, 0) is 12.1 Å². The normalized spacial score (nSPS) is 36.3. The zero-order valence-corrected chi connectivity index (χ0v) is 9.68. The summed E-state index contributed by atoms with van der Waals surface area (Å²) in [6.07, 6.45) is -5.76. The van der Waals surface area contributed by atoms with Gasteiger partial charge in [0.2, 0.25) is 0 Å². The maximum absolute atomic E-state index is 9.80. The van der Waals surface area contributed by atoms with Crippen LogP contribution in [0, 0.1) is 0 Å². The molecule has 6 heteroatoms. The third kappa shape index (κ3) is 2.63. The maximum Gasteiger partial charge on any atom is 0.157 e. The average molecular weight is 255 g/mol. The van der Waals surface area contributed by atoms with Gasteiger partial charge in [0.05, 0.1) is 6.61 Å². The van der Waals surface area contributed by atoms with Crippen molar-refractivity contribution < 1.29 is 25.2 Å². The molecule has 2 rings (SSSR count). The Morgan fingerprint density at radius 1 is 1.00 bits per heavy atom. The van der Waals surface area contributed by atoms with E-state index in [9.17, 15) is 15.3 Å². The first-order valence-corrected chi connectivity index (χ1v) is 5.75. The standard InChI is InChI=1S/C12H17NO5/c14-6-8-9(15)10(16)11(17)12(18-8)13-7-4-2-1-3-5-7/h1-5,8-17H,6H2/t8-,9+,10+,11-,12?/m1/s1. The molecule has 0 radical (unpaired) electrons. The number of para-hydroxylation sites is 1. The summed E-state index contributed by atoms with van der Waals surface area (Å²) in [7, 11) is 0. The van der Waals surface area contributed by atoms with Crippen LogP contribution in [0.15, 0.2) is 30.3 Å². The lowest BCUT2D eigenvalue weighted by Crippen LogP contribution is -2.60. The first-order valence-electron chi connectivity index (χ1n) is 5.75. The largest absolute Gasteiger partial charge is 0.394 e. The Kier molecular flexibility index (Phi) is 4.15. The average Bonchev–Trinajstić information content (AvgIpc) is 2.40.